The van der Waals surface area contributed by atoms with Gasteiger partial charge in [-0.15, -0.1) is 0 Å². The lowest BCUT2D eigenvalue weighted by molar-refractivity contribution is -0.147. The number of benzene rings is 1. The normalized spacial score (nSPS) is 11.1. The molecule has 166 valence electrons. The highest BCUT2D eigenvalue weighted by atomic mass is 16.5. The van der Waals surface area contributed by atoms with Gasteiger partial charge < -0.3 is 34.3 Å². The number of carbonyl (C=O) groups excluding carboxylic acids is 3. The number of rotatable bonds is 11. The van der Waals surface area contributed by atoms with E-state index < -0.39 is 29.8 Å². The zero-order valence-corrected chi connectivity index (χ0v) is 17.5. The van der Waals surface area contributed by atoms with Gasteiger partial charge >= 0.3 is 11.9 Å². The Hall–Kier alpha value is -3.50. The molecule has 1 aromatic carbocycles. The molecule has 0 heterocycles. The number of carboxylic acid groups (broad SMARTS) is 1. The fraction of sp³-hybridized carbons (Fsp3) is 0.474. The van der Waals surface area contributed by atoms with Crippen LogP contribution in [-0.4, -0.2) is 81.8 Å². The lowest BCUT2D eigenvalue weighted by atomic mass is 10.1. The highest BCUT2D eigenvalue weighted by molar-refractivity contribution is 5.99. The minimum absolute atomic E-state index is 0.105. The smallest absolute Gasteiger partial charge is 0.325 e. The third-order valence-corrected chi connectivity index (χ3v) is 4.15. The molecule has 30 heavy (non-hydrogen) atoms. The van der Waals surface area contributed by atoms with Crippen LogP contribution in [-0.2, 0) is 19.1 Å². The number of amides is 2. The van der Waals surface area contributed by atoms with E-state index in [1.807, 2.05) is 0 Å². The fourth-order valence-electron chi connectivity index (χ4n) is 2.58. The Balaban J connectivity index is 3.13. The summed E-state index contributed by atoms with van der Waals surface area (Å²) in [7, 11) is 6.71. The van der Waals surface area contributed by atoms with Gasteiger partial charge in [-0.25, -0.2) is 0 Å². The van der Waals surface area contributed by atoms with E-state index in [9.17, 15) is 19.2 Å². The number of aliphatic carboxylic acids is 1. The molecule has 0 aliphatic carbocycles. The van der Waals surface area contributed by atoms with Crippen molar-refractivity contribution in [3.63, 3.8) is 0 Å². The molecule has 0 aliphatic rings. The Morgan fingerprint density at radius 3 is 2.03 bits per heavy atom. The molecule has 1 aromatic rings. The van der Waals surface area contributed by atoms with Gasteiger partial charge in [-0.3, -0.25) is 19.2 Å². The molecule has 11 nitrogen and oxygen atoms in total. The Kier molecular flexibility index (Phi) is 9.40. The van der Waals surface area contributed by atoms with Crippen LogP contribution in [0.15, 0.2) is 12.1 Å². The van der Waals surface area contributed by atoms with E-state index in [0.717, 1.165) is 4.90 Å². The predicted octanol–water partition coefficient (Wildman–Crippen LogP) is 0.307. The molecule has 2 amide bonds. The van der Waals surface area contributed by atoms with Gasteiger partial charge in [0.2, 0.25) is 11.7 Å². The van der Waals surface area contributed by atoms with E-state index in [4.69, 9.17) is 19.3 Å². The molecule has 0 aliphatic heterocycles. The zero-order valence-electron chi connectivity index (χ0n) is 17.5. The number of ether oxygens (including phenoxy) is 4. The summed E-state index contributed by atoms with van der Waals surface area (Å²) in [6.07, 6.45) is -0.534. The monoisotopic (exact) mass is 426 g/mol. The highest BCUT2D eigenvalue weighted by Crippen LogP contribution is 2.38. The summed E-state index contributed by atoms with van der Waals surface area (Å²) in [5.41, 5.74) is 0.105. The van der Waals surface area contributed by atoms with Gasteiger partial charge in [-0.2, -0.15) is 0 Å². The maximum absolute atomic E-state index is 12.8. The van der Waals surface area contributed by atoms with Gasteiger partial charge in [0.05, 0.1) is 28.4 Å². The van der Waals surface area contributed by atoms with Crippen LogP contribution in [0, 0.1) is 0 Å². The lowest BCUT2D eigenvalue weighted by Crippen LogP contribution is -2.48. The van der Waals surface area contributed by atoms with Gasteiger partial charge in [-0.05, 0) is 18.6 Å². The summed E-state index contributed by atoms with van der Waals surface area (Å²) in [4.78, 5) is 48.9. The molecule has 0 fully saturated rings. The van der Waals surface area contributed by atoms with Crippen LogP contribution in [0.4, 0.5) is 0 Å². The number of methoxy groups -OCH3 is 4. The number of hydrogen-bond donors (Lipinski definition) is 2. The number of nitrogens with one attached hydrogen (secondary N) is 1. The second kappa shape index (κ2) is 11.5. The van der Waals surface area contributed by atoms with Crippen molar-refractivity contribution in [1.29, 1.82) is 0 Å². The molecule has 11 heteroatoms. The molecular formula is C19H26N2O9. The Bertz CT molecular complexity index is 769. The van der Waals surface area contributed by atoms with Crippen molar-refractivity contribution in [1.82, 2.24) is 10.2 Å². The van der Waals surface area contributed by atoms with Crippen molar-refractivity contribution in [3.05, 3.63) is 17.7 Å². The van der Waals surface area contributed by atoms with E-state index in [-0.39, 0.29) is 42.2 Å². The largest absolute Gasteiger partial charge is 0.493 e. The summed E-state index contributed by atoms with van der Waals surface area (Å²) in [6.45, 7) is -0.348. The first kappa shape index (κ1) is 24.5. The van der Waals surface area contributed by atoms with Crippen LogP contribution in [0.25, 0.3) is 0 Å². The summed E-state index contributed by atoms with van der Waals surface area (Å²) in [5, 5.41) is 11.5. The standard InChI is InChI=1S/C19H26N2O9/c1-21(10-16(24)29-4)19(26)12(6-7-15(22)23)20-18(25)11-8-13(27-2)17(30-5)14(9-11)28-3/h8-9,12H,6-7,10H2,1-5H3,(H,20,25)(H,22,23)/t12-/m0/s1. The van der Waals surface area contributed by atoms with Crippen molar-refractivity contribution in [2.45, 2.75) is 18.9 Å². The molecule has 1 atom stereocenters. The SMILES string of the molecule is COC(=O)CN(C)C(=O)[C@H](CCC(=O)O)NC(=O)c1cc(OC)c(OC)c(OC)c1. The minimum Gasteiger partial charge on any atom is -0.493 e. The van der Waals surface area contributed by atoms with Crippen LogP contribution >= 0.6 is 0 Å². The van der Waals surface area contributed by atoms with E-state index >= 15 is 0 Å². The minimum atomic E-state index is -1.18. The zero-order chi connectivity index (χ0) is 22.8. The van der Waals surface area contributed by atoms with Gasteiger partial charge in [0.1, 0.15) is 12.6 Å². The van der Waals surface area contributed by atoms with E-state index in [1.165, 1.54) is 47.6 Å². The predicted molar refractivity (Wildman–Crippen MR) is 104 cm³/mol. The molecular weight excluding hydrogens is 400 g/mol. The Morgan fingerprint density at radius 1 is 1.03 bits per heavy atom. The first-order valence-corrected chi connectivity index (χ1v) is 8.82. The van der Waals surface area contributed by atoms with Crippen molar-refractivity contribution in [3.8, 4) is 17.2 Å². The van der Waals surface area contributed by atoms with Crippen molar-refractivity contribution < 1.29 is 43.2 Å². The summed E-state index contributed by atoms with van der Waals surface area (Å²) < 4.78 is 20.1. The molecule has 0 spiro atoms. The van der Waals surface area contributed by atoms with Crippen LogP contribution < -0.4 is 19.5 Å². The third kappa shape index (κ3) is 6.54. The van der Waals surface area contributed by atoms with Gasteiger partial charge in [-0.1, -0.05) is 0 Å². The maximum Gasteiger partial charge on any atom is 0.325 e. The number of hydrogen-bond acceptors (Lipinski definition) is 8. The lowest BCUT2D eigenvalue weighted by Gasteiger charge is -2.24. The number of esters is 1. The molecule has 0 radical (unpaired) electrons. The van der Waals surface area contributed by atoms with Crippen LogP contribution in [0.3, 0.4) is 0 Å². The van der Waals surface area contributed by atoms with Crippen LogP contribution in [0.5, 0.6) is 17.2 Å². The third-order valence-electron chi connectivity index (χ3n) is 4.15. The van der Waals surface area contributed by atoms with Crippen molar-refractivity contribution >= 4 is 23.8 Å². The number of carboxylic acids is 1. The molecule has 0 saturated carbocycles. The topological polar surface area (TPSA) is 141 Å². The van der Waals surface area contributed by atoms with E-state index in [2.05, 4.69) is 10.1 Å². The highest BCUT2D eigenvalue weighted by Gasteiger charge is 2.27. The fourth-order valence-corrected chi connectivity index (χ4v) is 2.58. The van der Waals surface area contributed by atoms with Crippen molar-refractivity contribution in [2.24, 2.45) is 0 Å². The molecule has 0 aromatic heterocycles. The first-order valence-electron chi connectivity index (χ1n) is 8.82. The average Bonchev–Trinajstić information content (AvgIpc) is 2.74. The van der Waals surface area contributed by atoms with Crippen LogP contribution in [0.1, 0.15) is 23.2 Å². The summed E-state index contributed by atoms with van der Waals surface area (Å²) >= 11 is 0. The molecule has 1 rings (SSSR count). The molecule has 0 saturated heterocycles. The molecule has 0 unspecified atom stereocenters. The van der Waals surface area contributed by atoms with Crippen molar-refractivity contribution in [2.75, 3.05) is 42.0 Å². The van der Waals surface area contributed by atoms with E-state index in [0.29, 0.717) is 0 Å². The summed E-state index contributed by atoms with van der Waals surface area (Å²) in [6, 6.07) is 1.61. The maximum atomic E-state index is 12.8. The van der Waals surface area contributed by atoms with Crippen LogP contribution in [0.2, 0.25) is 0 Å². The number of nitrogens with zero attached hydrogens (tertiary/aromatic N) is 1. The van der Waals surface area contributed by atoms with Gasteiger partial charge in [0, 0.05) is 19.0 Å². The average molecular weight is 426 g/mol. The first-order chi connectivity index (χ1) is 14.2. The Labute approximate surface area is 173 Å². The molecule has 0 bridgehead atoms. The molecule has 2 N–H and O–H groups in total. The summed E-state index contributed by atoms with van der Waals surface area (Å²) in [5.74, 6) is -2.33. The Morgan fingerprint density at radius 2 is 1.60 bits per heavy atom. The quantitative estimate of drug-likeness (QED) is 0.478. The number of carbonyl (C=O) groups is 4. The van der Waals surface area contributed by atoms with Gasteiger partial charge in [0.25, 0.3) is 5.91 Å². The van der Waals surface area contributed by atoms with Gasteiger partial charge in [0.15, 0.2) is 11.5 Å². The number of likely N-dealkylation sites (N-methyl/N-ethyl adjacent to an activating group) is 1. The second-order valence-corrected chi connectivity index (χ2v) is 6.14. The van der Waals surface area contributed by atoms with E-state index in [1.54, 1.807) is 0 Å². The second-order valence-electron chi connectivity index (χ2n) is 6.14.